The zero-order valence-electron chi connectivity index (χ0n) is 13.9. The Morgan fingerprint density at radius 2 is 2.21 bits per heavy atom. The Bertz CT molecular complexity index is 743. The van der Waals surface area contributed by atoms with Crippen molar-refractivity contribution in [2.75, 3.05) is 23.3 Å². The molecule has 1 N–H and O–H groups in total. The molecule has 1 unspecified atom stereocenters. The minimum Gasteiger partial charge on any atom is -0.350 e. The quantitative estimate of drug-likeness (QED) is 0.667. The maximum absolute atomic E-state index is 11.7. The third-order valence-corrected chi connectivity index (χ3v) is 5.18. The van der Waals surface area contributed by atoms with Gasteiger partial charge in [-0.25, -0.2) is 15.0 Å². The van der Waals surface area contributed by atoms with Crippen LogP contribution >= 0.6 is 11.3 Å². The third-order valence-electron chi connectivity index (χ3n) is 4.20. The lowest BCUT2D eigenvalue weighted by molar-refractivity contribution is -0.383. The van der Waals surface area contributed by atoms with E-state index in [1.807, 2.05) is 18.7 Å². The smallest absolute Gasteiger partial charge is 0.350 e. The van der Waals surface area contributed by atoms with E-state index in [-0.39, 0.29) is 11.5 Å². The predicted octanol–water partition coefficient (Wildman–Crippen LogP) is 3.44. The molecule has 3 rings (SSSR count). The van der Waals surface area contributed by atoms with Crippen LogP contribution in [-0.2, 0) is 0 Å². The van der Waals surface area contributed by atoms with Crippen molar-refractivity contribution < 1.29 is 4.92 Å². The van der Waals surface area contributed by atoms with Gasteiger partial charge in [0.1, 0.15) is 6.33 Å². The summed E-state index contributed by atoms with van der Waals surface area (Å²) in [6, 6.07) is 0. The van der Waals surface area contributed by atoms with E-state index in [0.717, 1.165) is 36.5 Å². The highest BCUT2D eigenvalue weighted by Gasteiger charge is 2.29. The second kappa shape index (κ2) is 6.68. The van der Waals surface area contributed by atoms with Gasteiger partial charge in [-0.3, -0.25) is 10.1 Å². The molecule has 0 bridgehead atoms. The Morgan fingerprint density at radius 3 is 2.83 bits per heavy atom. The lowest BCUT2D eigenvalue weighted by Gasteiger charge is -2.31. The molecule has 3 heterocycles. The summed E-state index contributed by atoms with van der Waals surface area (Å²) in [5.74, 6) is 1.07. The number of hydrogen-bond donors (Lipinski definition) is 1. The van der Waals surface area contributed by atoms with Crippen LogP contribution in [0.2, 0.25) is 0 Å². The maximum Gasteiger partial charge on any atom is 0.353 e. The standard InChI is InChI=1S/C15H20N6O2S/c1-9-5-4-6-20(7-9)14-12(21(22)23)13(16-8-17-14)19-15-18-10(2)11(3)24-15/h8-9H,4-7H2,1-3H3,(H,16,17,18,19). The van der Waals surface area contributed by atoms with Gasteiger partial charge < -0.3 is 10.2 Å². The highest BCUT2D eigenvalue weighted by atomic mass is 32.1. The van der Waals surface area contributed by atoms with Crippen LogP contribution in [0.3, 0.4) is 0 Å². The fourth-order valence-electron chi connectivity index (χ4n) is 2.87. The van der Waals surface area contributed by atoms with E-state index in [4.69, 9.17) is 0 Å². The molecule has 9 heteroatoms. The lowest BCUT2D eigenvalue weighted by Crippen LogP contribution is -2.35. The fourth-order valence-corrected chi connectivity index (χ4v) is 3.68. The van der Waals surface area contributed by atoms with Gasteiger partial charge in [-0.2, -0.15) is 0 Å². The zero-order valence-corrected chi connectivity index (χ0v) is 14.8. The SMILES string of the molecule is Cc1nc(Nc2ncnc(N3CCCC(C)C3)c2[N+](=O)[O-])sc1C. The monoisotopic (exact) mass is 348 g/mol. The summed E-state index contributed by atoms with van der Waals surface area (Å²) in [5.41, 5.74) is 0.821. The summed E-state index contributed by atoms with van der Waals surface area (Å²) in [6.45, 7) is 7.57. The molecule has 1 atom stereocenters. The van der Waals surface area contributed by atoms with Crippen molar-refractivity contribution in [2.45, 2.75) is 33.6 Å². The minimum atomic E-state index is -0.412. The average molecular weight is 348 g/mol. The van der Waals surface area contributed by atoms with Gasteiger partial charge in [-0.15, -0.1) is 11.3 Å². The molecule has 8 nitrogen and oxygen atoms in total. The van der Waals surface area contributed by atoms with Crippen LogP contribution in [0.4, 0.5) is 22.5 Å². The Balaban J connectivity index is 1.97. The van der Waals surface area contributed by atoms with Crippen LogP contribution in [0.25, 0.3) is 0 Å². The van der Waals surface area contributed by atoms with E-state index in [2.05, 4.69) is 27.2 Å². The number of rotatable bonds is 4. The van der Waals surface area contributed by atoms with Crippen LogP contribution in [0.1, 0.15) is 30.3 Å². The van der Waals surface area contributed by atoms with Crippen LogP contribution in [0.5, 0.6) is 0 Å². The Morgan fingerprint density at radius 1 is 1.42 bits per heavy atom. The number of aromatic nitrogens is 3. The number of nitrogens with zero attached hydrogens (tertiary/aromatic N) is 5. The summed E-state index contributed by atoms with van der Waals surface area (Å²) in [4.78, 5) is 27.0. The first-order valence-corrected chi connectivity index (χ1v) is 8.72. The highest BCUT2D eigenvalue weighted by molar-refractivity contribution is 7.15. The van der Waals surface area contributed by atoms with Crippen LogP contribution in [0, 0.1) is 29.9 Å². The van der Waals surface area contributed by atoms with Gasteiger partial charge in [0.2, 0.25) is 11.6 Å². The molecular weight excluding hydrogens is 328 g/mol. The number of thiazole rings is 1. The molecule has 1 aliphatic heterocycles. The number of piperidine rings is 1. The van der Waals surface area contributed by atoms with E-state index in [1.54, 1.807) is 0 Å². The van der Waals surface area contributed by atoms with Gasteiger partial charge in [-0.05, 0) is 32.6 Å². The van der Waals surface area contributed by atoms with Crippen LogP contribution < -0.4 is 10.2 Å². The Hall–Kier alpha value is -2.29. The molecule has 0 spiro atoms. The van der Waals surface area contributed by atoms with Gasteiger partial charge >= 0.3 is 5.69 Å². The molecule has 0 aromatic carbocycles. The number of nitro groups is 1. The predicted molar refractivity (Wildman–Crippen MR) is 94.2 cm³/mol. The van der Waals surface area contributed by atoms with Crippen molar-refractivity contribution in [2.24, 2.45) is 5.92 Å². The van der Waals surface area contributed by atoms with Crippen LogP contribution in [0.15, 0.2) is 6.33 Å². The molecule has 1 saturated heterocycles. The summed E-state index contributed by atoms with van der Waals surface area (Å²) in [7, 11) is 0. The van der Waals surface area contributed by atoms with Crippen molar-refractivity contribution in [1.29, 1.82) is 0 Å². The van der Waals surface area contributed by atoms with Crippen LogP contribution in [-0.4, -0.2) is 33.0 Å². The van der Waals surface area contributed by atoms with Crippen molar-refractivity contribution in [3.05, 3.63) is 27.0 Å². The van der Waals surface area contributed by atoms with Crippen molar-refractivity contribution in [1.82, 2.24) is 15.0 Å². The van der Waals surface area contributed by atoms with Crippen molar-refractivity contribution in [3.63, 3.8) is 0 Å². The summed E-state index contributed by atoms with van der Waals surface area (Å²) in [6.07, 6.45) is 3.52. The van der Waals surface area contributed by atoms with Gasteiger partial charge in [0, 0.05) is 18.0 Å². The Kier molecular flexibility index (Phi) is 4.61. The van der Waals surface area contributed by atoms with E-state index < -0.39 is 4.92 Å². The second-order valence-electron chi connectivity index (χ2n) is 6.13. The number of hydrogen-bond acceptors (Lipinski definition) is 8. The van der Waals surface area contributed by atoms with E-state index >= 15 is 0 Å². The molecule has 0 saturated carbocycles. The fraction of sp³-hybridized carbons (Fsp3) is 0.533. The molecule has 24 heavy (non-hydrogen) atoms. The largest absolute Gasteiger partial charge is 0.353 e. The summed E-state index contributed by atoms with van der Waals surface area (Å²) in [5, 5.41) is 15.3. The summed E-state index contributed by atoms with van der Waals surface area (Å²) < 4.78 is 0. The molecule has 0 aliphatic carbocycles. The van der Waals surface area contributed by atoms with Crippen molar-refractivity contribution in [3.8, 4) is 0 Å². The number of aryl methyl sites for hydroxylation is 2. The maximum atomic E-state index is 11.7. The molecule has 2 aromatic rings. The van der Waals surface area contributed by atoms with Gasteiger partial charge in [0.15, 0.2) is 5.13 Å². The normalized spacial score (nSPS) is 17.8. The lowest BCUT2D eigenvalue weighted by atomic mass is 10.0. The molecule has 2 aromatic heterocycles. The first-order chi connectivity index (χ1) is 11.5. The van der Waals surface area contributed by atoms with Gasteiger partial charge in [-0.1, -0.05) is 6.92 Å². The molecule has 1 fully saturated rings. The van der Waals surface area contributed by atoms with Gasteiger partial charge in [0.05, 0.1) is 10.6 Å². The topological polar surface area (TPSA) is 97.1 Å². The van der Waals surface area contributed by atoms with E-state index in [9.17, 15) is 10.1 Å². The number of nitrogens with one attached hydrogen (secondary N) is 1. The molecular formula is C15H20N6O2S. The van der Waals surface area contributed by atoms with E-state index in [1.165, 1.54) is 17.7 Å². The third kappa shape index (κ3) is 3.30. The number of anilines is 3. The molecule has 0 radical (unpaired) electrons. The minimum absolute atomic E-state index is 0.0860. The molecule has 0 amide bonds. The molecule has 128 valence electrons. The van der Waals surface area contributed by atoms with Crippen molar-refractivity contribution >= 4 is 33.8 Å². The highest BCUT2D eigenvalue weighted by Crippen LogP contribution is 2.36. The summed E-state index contributed by atoms with van der Waals surface area (Å²) >= 11 is 1.45. The Labute approximate surface area is 144 Å². The first-order valence-electron chi connectivity index (χ1n) is 7.91. The zero-order chi connectivity index (χ0) is 17.3. The molecule has 1 aliphatic rings. The van der Waals surface area contributed by atoms with Gasteiger partial charge in [0.25, 0.3) is 0 Å². The second-order valence-corrected chi connectivity index (χ2v) is 7.33. The average Bonchev–Trinajstić information content (AvgIpc) is 2.84. The van der Waals surface area contributed by atoms with E-state index in [0.29, 0.717) is 16.9 Å². The first kappa shape index (κ1) is 16.6.